The van der Waals surface area contributed by atoms with Crippen molar-refractivity contribution in [3.8, 4) is 11.8 Å². The van der Waals surface area contributed by atoms with Gasteiger partial charge >= 0.3 is 0 Å². The first kappa shape index (κ1) is 15.6. The van der Waals surface area contributed by atoms with E-state index >= 15 is 0 Å². The quantitative estimate of drug-likeness (QED) is 0.854. The number of hydrogen-bond donors (Lipinski definition) is 1. The number of amides is 1. The van der Waals surface area contributed by atoms with Crippen LogP contribution in [0.5, 0.6) is 0 Å². The minimum atomic E-state index is -0.207. The van der Waals surface area contributed by atoms with Gasteiger partial charge < -0.3 is 10.0 Å². The van der Waals surface area contributed by atoms with Gasteiger partial charge in [0.25, 0.3) is 5.91 Å². The fraction of sp³-hybridized carbons (Fsp3) is 0.400. The zero-order valence-electron chi connectivity index (χ0n) is 11.5. The summed E-state index contributed by atoms with van der Waals surface area (Å²) in [5.41, 5.74) is 1.24. The van der Waals surface area contributed by atoms with Gasteiger partial charge in [0.15, 0.2) is 0 Å². The lowest BCUT2D eigenvalue weighted by Gasteiger charge is -2.24. The summed E-state index contributed by atoms with van der Waals surface area (Å²) in [6.07, 6.45) is 2.02. The minimum Gasteiger partial charge on any atom is -0.384 e. The molecule has 0 heterocycles. The first-order valence-corrected chi connectivity index (χ1v) is 7.46. The van der Waals surface area contributed by atoms with Gasteiger partial charge in [-0.1, -0.05) is 24.0 Å². The van der Waals surface area contributed by atoms with Crippen LogP contribution in [-0.4, -0.2) is 47.6 Å². The van der Waals surface area contributed by atoms with Gasteiger partial charge in [-0.25, -0.2) is 0 Å². The smallest absolute Gasteiger partial charge is 0.255 e. The Morgan fingerprint density at radius 3 is 2.79 bits per heavy atom. The monoisotopic (exact) mass is 277 g/mol. The second kappa shape index (κ2) is 7.88. The molecular formula is C15H19NO2S. The third-order valence-electron chi connectivity index (χ3n) is 2.85. The molecule has 1 rings (SSSR count). The van der Waals surface area contributed by atoms with Gasteiger partial charge in [0, 0.05) is 24.4 Å². The van der Waals surface area contributed by atoms with E-state index in [0.717, 1.165) is 5.75 Å². The molecule has 0 bridgehead atoms. The van der Waals surface area contributed by atoms with Crippen LogP contribution in [0.4, 0.5) is 0 Å². The van der Waals surface area contributed by atoms with Crippen molar-refractivity contribution in [3.63, 3.8) is 0 Å². The highest BCUT2D eigenvalue weighted by Gasteiger charge is 2.18. The molecule has 1 aromatic carbocycles. The van der Waals surface area contributed by atoms with E-state index in [4.69, 9.17) is 5.11 Å². The molecule has 0 fully saturated rings. The topological polar surface area (TPSA) is 40.5 Å². The molecule has 19 heavy (non-hydrogen) atoms. The molecule has 0 aliphatic heterocycles. The highest BCUT2D eigenvalue weighted by molar-refractivity contribution is 7.98. The first-order chi connectivity index (χ1) is 9.11. The molecule has 0 aliphatic rings. The number of nitrogens with zero attached hydrogens (tertiary/aromatic N) is 1. The van der Waals surface area contributed by atoms with E-state index in [-0.39, 0.29) is 18.6 Å². The second-order valence-corrected chi connectivity index (χ2v) is 5.14. The van der Waals surface area contributed by atoms with E-state index in [0.29, 0.717) is 11.1 Å². The summed E-state index contributed by atoms with van der Waals surface area (Å²) in [7, 11) is 1.81. The number of hydrogen-bond acceptors (Lipinski definition) is 3. The van der Waals surface area contributed by atoms with E-state index < -0.39 is 0 Å². The van der Waals surface area contributed by atoms with E-state index in [9.17, 15) is 4.79 Å². The van der Waals surface area contributed by atoms with Crippen molar-refractivity contribution in [3.05, 3.63) is 35.4 Å². The fourth-order valence-electron chi connectivity index (χ4n) is 1.66. The lowest BCUT2D eigenvalue weighted by Crippen LogP contribution is -2.36. The lowest BCUT2D eigenvalue weighted by molar-refractivity contribution is 0.0757. The van der Waals surface area contributed by atoms with Crippen LogP contribution in [0.2, 0.25) is 0 Å². The number of carbonyl (C=O) groups excluding carboxylic acids is 1. The van der Waals surface area contributed by atoms with Crippen molar-refractivity contribution in [1.82, 2.24) is 4.90 Å². The van der Waals surface area contributed by atoms with Gasteiger partial charge in [0.2, 0.25) is 0 Å². The molecule has 0 saturated carbocycles. The molecule has 3 nitrogen and oxygen atoms in total. The summed E-state index contributed by atoms with van der Waals surface area (Å²) >= 11 is 1.71. The third-order valence-corrected chi connectivity index (χ3v) is 3.66. The number of rotatable bonds is 4. The minimum absolute atomic E-state index is 0.0376. The molecule has 0 aliphatic carbocycles. The summed E-state index contributed by atoms with van der Waals surface area (Å²) in [6.45, 7) is 1.82. The van der Waals surface area contributed by atoms with Gasteiger partial charge in [-0.2, -0.15) is 11.8 Å². The second-order valence-electron chi connectivity index (χ2n) is 4.23. The Hall–Kier alpha value is -1.44. The number of carbonyl (C=O) groups is 1. The maximum absolute atomic E-state index is 12.4. The fourth-order valence-corrected chi connectivity index (χ4v) is 2.36. The van der Waals surface area contributed by atoms with Crippen molar-refractivity contribution in [2.75, 3.05) is 25.7 Å². The van der Waals surface area contributed by atoms with Crippen molar-refractivity contribution in [2.45, 2.75) is 13.0 Å². The average Bonchev–Trinajstić information content (AvgIpc) is 2.44. The Morgan fingerprint density at radius 1 is 1.47 bits per heavy atom. The summed E-state index contributed by atoms with van der Waals surface area (Å²) in [5.74, 6) is 6.26. The van der Waals surface area contributed by atoms with Crippen LogP contribution >= 0.6 is 11.8 Å². The van der Waals surface area contributed by atoms with Crippen LogP contribution in [0.1, 0.15) is 22.8 Å². The SMILES string of the molecule is CSCC(C)N(C)C(=O)c1ccccc1C#CCO. The predicted octanol–water partition coefficient (Wildman–Crippen LogP) is 1.85. The van der Waals surface area contributed by atoms with Crippen molar-refractivity contribution in [1.29, 1.82) is 0 Å². The molecule has 0 radical (unpaired) electrons. The van der Waals surface area contributed by atoms with Gasteiger partial charge in [-0.3, -0.25) is 4.79 Å². The summed E-state index contributed by atoms with van der Waals surface area (Å²) in [6, 6.07) is 7.39. The Labute approximate surface area is 119 Å². The van der Waals surface area contributed by atoms with E-state index in [1.54, 1.807) is 35.8 Å². The predicted molar refractivity (Wildman–Crippen MR) is 80.3 cm³/mol. The van der Waals surface area contributed by atoms with Crippen LogP contribution in [-0.2, 0) is 0 Å². The molecule has 102 valence electrons. The maximum atomic E-state index is 12.4. The number of aliphatic hydroxyl groups is 1. The molecule has 0 aromatic heterocycles. The molecule has 1 N–H and O–H groups in total. The van der Waals surface area contributed by atoms with E-state index in [2.05, 4.69) is 11.8 Å². The molecular weight excluding hydrogens is 258 g/mol. The van der Waals surface area contributed by atoms with Crippen molar-refractivity contribution in [2.24, 2.45) is 0 Å². The summed E-state index contributed by atoms with van der Waals surface area (Å²) in [4.78, 5) is 14.2. The Morgan fingerprint density at radius 2 is 2.16 bits per heavy atom. The first-order valence-electron chi connectivity index (χ1n) is 6.06. The molecule has 1 atom stereocenters. The normalized spacial score (nSPS) is 11.4. The van der Waals surface area contributed by atoms with Crippen molar-refractivity contribution < 1.29 is 9.90 Å². The van der Waals surface area contributed by atoms with Crippen molar-refractivity contribution >= 4 is 17.7 Å². The molecule has 1 amide bonds. The molecule has 1 unspecified atom stereocenters. The Kier molecular flexibility index (Phi) is 6.48. The largest absolute Gasteiger partial charge is 0.384 e. The Balaban J connectivity index is 2.99. The zero-order chi connectivity index (χ0) is 14.3. The number of aliphatic hydroxyl groups excluding tert-OH is 1. The van der Waals surface area contributed by atoms with Gasteiger partial charge in [-0.05, 0) is 25.3 Å². The maximum Gasteiger partial charge on any atom is 0.255 e. The van der Waals surface area contributed by atoms with Crippen LogP contribution in [0.15, 0.2) is 24.3 Å². The highest BCUT2D eigenvalue weighted by Crippen LogP contribution is 2.13. The molecule has 0 spiro atoms. The third kappa shape index (κ3) is 4.30. The average molecular weight is 277 g/mol. The van der Waals surface area contributed by atoms with Gasteiger partial charge in [0.1, 0.15) is 6.61 Å². The standard InChI is InChI=1S/C15H19NO2S/c1-12(11-19-3)16(2)15(18)14-9-5-4-7-13(14)8-6-10-17/h4-5,7,9,12,17H,10-11H2,1-3H3. The lowest BCUT2D eigenvalue weighted by atomic mass is 10.1. The van der Waals surface area contributed by atoms with Gasteiger partial charge in [-0.15, -0.1) is 0 Å². The molecule has 1 aromatic rings. The summed E-state index contributed by atoms with van der Waals surface area (Å²) in [5, 5.41) is 8.75. The van der Waals surface area contributed by atoms with Crippen LogP contribution in [0.3, 0.4) is 0 Å². The Bertz CT molecular complexity index is 490. The number of benzene rings is 1. The van der Waals surface area contributed by atoms with Crippen LogP contribution < -0.4 is 0 Å². The molecule has 0 saturated heterocycles. The highest BCUT2D eigenvalue weighted by atomic mass is 32.2. The number of thioether (sulfide) groups is 1. The van der Waals surface area contributed by atoms with E-state index in [1.165, 1.54) is 0 Å². The van der Waals surface area contributed by atoms with Gasteiger partial charge in [0.05, 0.1) is 5.56 Å². The zero-order valence-corrected chi connectivity index (χ0v) is 12.3. The van der Waals surface area contributed by atoms with Crippen LogP contribution in [0.25, 0.3) is 0 Å². The molecule has 4 heteroatoms. The van der Waals surface area contributed by atoms with Crippen LogP contribution in [0, 0.1) is 11.8 Å². The van der Waals surface area contributed by atoms with E-state index in [1.807, 2.05) is 25.3 Å². The summed E-state index contributed by atoms with van der Waals surface area (Å²) < 4.78 is 0.